The van der Waals surface area contributed by atoms with E-state index in [1.807, 2.05) is 0 Å². The molecule has 1 rings (SSSR count). The molecule has 0 saturated carbocycles. The highest BCUT2D eigenvalue weighted by atomic mass is 16.2. The zero-order valence-electron chi connectivity index (χ0n) is 14.6. The number of amides is 2. The minimum atomic E-state index is -0.800. The molecule has 23 heavy (non-hydrogen) atoms. The first kappa shape index (κ1) is 18.9. The molecule has 6 nitrogen and oxygen atoms in total. The Morgan fingerprint density at radius 2 is 1.87 bits per heavy atom. The van der Waals surface area contributed by atoms with Crippen LogP contribution in [0.2, 0.25) is 0 Å². The van der Waals surface area contributed by atoms with Crippen LogP contribution >= 0.6 is 0 Å². The van der Waals surface area contributed by atoms with Gasteiger partial charge in [0.25, 0.3) is 11.5 Å². The number of pyridine rings is 1. The Morgan fingerprint density at radius 3 is 2.35 bits per heavy atom. The van der Waals surface area contributed by atoms with Gasteiger partial charge in [-0.05, 0) is 36.8 Å². The second kappa shape index (κ2) is 7.94. The zero-order chi connectivity index (χ0) is 17.7. The summed E-state index contributed by atoms with van der Waals surface area (Å²) in [6, 6.07) is 0.941. The average molecular weight is 321 g/mol. The van der Waals surface area contributed by atoms with E-state index in [4.69, 9.17) is 5.73 Å². The van der Waals surface area contributed by atoms with E-state index in [2.05, 4.69) is 19.2 Å². The molecule has 3 N–H and O–H groups in total. The molecule has 0 unspecified atom stereocenters. The molecule has 0 radical (unpaired) electrons. The predicted octanol–water partition coefficient (Wildman–Crippen LogP) is 1.44. The molecule has 0 aliphatic heterocycles. The van der Waals surface area contributed by atoms with Crippen LogP contribution in [0.15, 0.2) is 17.1 Å². The quantitative estimate of drug-likeness (QED) is 0.795. The summed E-state index contributed by atoms with van der Waals surface area (Å²) in [4.78, 5) is 36.5. The fourth-order valence-electron chi connectivity index (χ4n) is 2.29. The van der Waals surface area contributed by atoms with Gasteiger partial charge in [0.05, 0.1) is 0 Å². The molecule has 0 fully saturated rings. The Morgan fingerprint density at radius 1 is 1.26 bits per heavy atom. The number of carbonyl (C=O) groups is 2. The standard InChI is InChI=1S/C17H27N3O3/c1-10(2)6-8-20-9-7-12(5)13(17(20)23)16(22)19-14(11(3)4)15(18)21/h7,9-11,14H,6,8H2,1-5H3,(H2,18,21)(H,19,22)/t14-/m0/s1. The van der Waals surface area contributed by atoms with Gasteiger partial charge in [-0.15, -0.1) is 0 Å². The first-order chi connectivity index (χ1) is 10.6. The lowest BCUT2D eigenvalue weighted by molar-refractivity contribution is -0.120. The summed E-state index contributed by atoms with van der Waals surface area (Å²) >= 11 is 0. The van der Waals surface area contributed by atoms with Crippen molar-refractivity contribution in [2.75, 3.05) is 0 Å². The highest BCUT2D eigenvalue weighted by molar-refractivity contribution is 5.98. The van der Waals surface area contributed by atoms with Gasteiger partial charge in [-0.25, -0.2) is 0 Å². The van der Waals surface area contributed by atoms with Crippen molar-refractivity contribution in [3.8, 4) is 0 Å². The summed E-state index contributed by atoms with van der Waals surface area (Å²) in [7, 11) is 0. The number of aryl methyl sites for hydroxylation is 2. The molecule has 0 aromatic carbocycles. The SMILES string of the molecule is Cc1ccn(CCC(C)C)c(=O)c1C(=O)N[C@H](C(N)=O)C(C)C. The molecule has 0 saturated heterocycles. The number of nitrogens with zero attached hydrogens (tertiary/aromatic N) is 1. The van der Waals surface area contributed by atoms with E-state index in [1.54, 1.807) is 33.0 Å². The molecule has 0 aliphatic carbocycles. The Balaban J connectivity index is 3.11. The number of hydrogen-bond acceptors (Lipinski definition) is 3. The molecule has 1 aromatic heterocycles. The van der Waals surface area contributed by atoms with Crippen molar-refractivity contribution >= 4 is 11.8 Å². The van der Waals surface area contributed by atoms with E-state index in [1.165, 1.54) is 4.57 Å². The minimum Gasteiger partial charge on any atom is -0.368 e. The van der Waals surface area contributed by atoms with Gasteiger partial charge in [-0.2, -0.15) is 0 Å². The lowest BCUT2D eigenvalue weighted by Gasteiger charge is -2.19. The highest BCUT2D eigenvalue weighted by Gasteiger charge is 2.24. The zero-order valence-corrected chi connectivity index (χ0v) is 14.6. The number of rotatable bonds is 7. The molecule has 1 atom stereocenters. The Kier molecular flexibility index (Phi) is 6.54. The summed E-state index contributed by atoms with van der Waals surface area (Å²) in [5, 5.41) is 2.58. The van der Waals surface area contributed by atoms with Crippen LogP contribution in [-0.2, 0) is 11.3 Å². The molecule has 0 aliphatic rings. The van der Waals surface area contributed by atoms with Crippen molar-refractivity contribution in [3.05, 3.63) is 33.7 Å². The second-order valence-electron chi connectivity index (χ2n) is 6.65. The summed E-state index contributed by atoms with van der Waals surface area (Å²) in [6.07, 6.45) is 2.55. The van der Waals surface area contributed by atoms with E-state index in [0.29, 0.717) is 18.0 Å². The van der Waals surface area contributed by atoms with Crippen molar-refractivity contribution in [1.82, 2.24) is 9.88 Å². The van der Waals surface area contributed by atoms with Crippen molar-refractivity contribution in [2.24, 2.45) is 17.6 Å². The van der Waals surface area contributed by atoms with Crippen molar-refractivity contribution in [1.29, 1.82) is 0 Å². The molecule has 1 heterocycles. The predicted molar refractivity (Wildman–Crippen MR) is 90.2 cm³/mol. The van der Waals surface area contributed by atoms with Crippen molar-refractivity contribution in [2.45, 2.75) is 53.6 Å². The van der Waals surface area contributed by atoms with Gasteiger partial charge in [0.15, 0.2) is 0 Å². The van der Waals surface area contributed by atoms with Crippen LogP contribution in [0.3, 0.4) is 0 Å². The Bertz CT molecular complexity index is 632. The minimum absolute atomic E-state index is 0.0724. The van der Waals surface area contributed by atoms with Gasteiger partial charge in [-0.1, -0.05) is 27.7 Å². The van der Waals surface area contributed by atoms with Crippen LogP contribution in [0.5, 0.6) is 0 Å². The number of hydrogen-bond donors (Lipinski definition) is 2. The van der Waals surface area contributed by atoms with E-state index < -0.39 is 17.9 Å². The van der Waals surface area contributed by atoms with Gasteiger partial charge in [-0.3, -0.25) is 14.4 Å². The van der Waals surface area contributed by atoms with E-state index in [-0.39, 0.29) is 17.0 Å². The number of nitrogens with two attached hydrogens (primary N) is 1. The van der Waals surface area contributed by atoms with Gasteiger partial charge >= 0.3 is 0 Å². The Labute approximate surface area is 137 Å². The average Bonchev–Trinajstić information content (AvgIpc) is 2.43. The number of aromatic nitrogens is 1. The topological polar surface area (TPSA) is 94.2 Å². The van der Waals surface area contributed by atoms with Gasteiger partial charge in [0.2, 0.25) is 5.91 Å². The Hall–Kier alpha value is -2.11. The molecule has 0 spiro atoms. The summed E-state index contributed by atoms with van der Waals surface area (Å²) in [6.45, 7) is 9.99. The normalized spacial score (nSPS) is 12.5. The fourth-order valence-corrected chi connectivity index (χ4v) is 2.29. The highest BCUT2D eigenvalue weighted by Crippen LogP contribution is 2.07. The smallest absolute Gasteiger partial charge is 0.263 e. The first-order valence-corrected chi connectivity index (χ1v) is 7.95. The number of nitrogens with one attached hydrogen (secondary N) is 1. The maximum Gasteiger partial charge on any atom is 0.263 e. The number of primary amides is 1. The third-order valence-electron chi connectivity index (χ3n) is 3.81. The molecule has 0 bridgehead atoms. The van der Waals surface area contributed by atoms with Gasteiger partial charge in [0, 0.05) is 12.7 Å². The van der Waals surface area contributed by atoms with Crippen LogP contribution < -0.4 is 16.6 Å². The first-order valence-electron chi connectivity index (χ1n) is 7.95. The third-order valence-corrected chi connectivity index (χ3v) is 3.81. The van der Waals surface area contributed by atoms with E-state index in [0.717, 1.165) is 6.42 Å². The lowest BCUT2D eigenvalue weighted by Crippen LogP contribution is -2.49. The maximum absolute atomic E-state index is 12.6. The van der Waals surface area contributed by atoms with Crippen LogP contribution in [0.25, 0.3) is 0 Å². The van der Waals surface area contributed by atoms with Gasteiger partial charge < -0.3 is 15.6 Å². The molecule has 2 amide bonds. The molecular formula is C17H27N3O3. The molecule has 128 valence electrons. The lowest BCUT2D eigenvalue weighted by atomic mass is 10.0. The monoisotopic (exact) mass is 321 g/mol. The van der Waals surface area contributed by atoms with Crippen LogP contribution in [0.4, 0.5) is 0 Å². The molecule has 1 aromatic rings. The second-order valence-corrected chi connectivity index (χ2v) is 6.65. The van der Waals surface area contributed by atoms with Crippen LogP contribution in [0, 0.1) is 18.8 Å². The number of carbonyl (C=O) groups excluding carboxylic acids is 2. The summed E-state index contributed by atoms with van der Waals surface area (Å²) in [5.74, 6) is -0.852. The largest absolute Gasteiger partial charge is 0.368 e. The summed E-state index contributed by atoms with van der Waals surface area (Å²) < 4.78 is 1.54. The van der Waals surface area contributed by atoms with E-state index >= 15 is 0 Å². The van der Waals surface area contributed by atoms with E-state index in [9.17, 15) is 14.4 Å². The van der Waals surface area contributed by atoms with Crippen LogP contribution in [-0.4, -0.2) is 22.4 Å². The molecule has 6 heteroatoms. The third kappa shape index (κ3) is 4.94. The fraction of sp³-hybridized carbons (Fsp3) is 0.588. The van der Waals surface area contributed by atoms with Crippen molar-refractivity contribution < 1.29 is 9.59 Å². The van der Waals surface area contributed by atoms with Gasteiger partial charge in [0.1, 0.15) is 11.6 Å². The van der Waals surface area contributed by atoms with Crippen molar-refractivity contribution in [3.63, 3.8) is 0 Å². The summed E-state index contributed by atoms with van der Waals surface area (Å²) in [5.41, 5.74) is 5.63. The maximum atomic E-state index is 12.6. The van der Waals surface area contributed by atoms with Crippen LogP contribution in [0.1, 0.15) is 50.0 Å². The molecular weight excluding hydrogens is 294 g/mol.